The molecule has 47 heavy (non-hydrogen) atoms. The number of hydrogen-bond donors (Lipinski definition) is 2. The summed E-state index contributed by atoms with van der Waals surface area (Å²) in [6.45, 7) is 23.6. The molecule has 259 valence electrons. The number of benzene rings is 1. The average Bonchev–Trinajstić information content (AvgIpc) is 3.06. The molecule has 7 heteroatoms. The van der Waals surface area contributed by atoms with E-state index >= 15 is 0 Å². The number of pyridine rings is 2. The van der Waals surface area contributed by atoms with Gasteiger partial charge in [-0.1, -0.05) is 54.0 Å². The van der Waals surface area contributed by atoms with Crippen LogP contribution < -0.4 is 10.6 Å². The maximum absolute atomic E-state index is 13.9. The number of unbranched alkanes of at least 4 members (excludes halogenated alkanes) is 3. The number of rotatable bonds is 14. The Morgan fingerprint density at radius 3 is 2.06 bits per heavy atom. The SMILES string of the molecule is C=C(C)c1cc(CC)cnc1NC.CC.CCCC.[B]=C(Nc1cc(CCCCC)nc(C(C)(F)F)c1)c1ccc(CCC)c(C)c1. The van der Waals surface area contributed by atoms with E-state index in [0.29, 0.717) is 23.4 Å². The van der Waals surface area contributed by atoms with E-state index in [1.165, 1.54) is 35.6 Å². The van der Waals surface area contributed by atoms with E-state index in [9.17, 15) is 8.78 Å². The molecule has 1 aromatic carbocycles. The Kier molecular flexibility index (Phi) is 22.2. The van der Waals surface area contributed by atoms with Gasteiger partial charge in [-0.3, -0.25) is 0 Å². The summed E-state index contributed by atoms with van der Waals surface area (Å²) >= 11 is 0. The zero-order chi connectivity index (χ0) is 36.0. The third-order valence-electron chi connectivity index (χ3n) is 7.37. The third-order valence-corrected chi connectivity index (χ3v) is 7.37. The molecule has 2 heterocycles. The Morgan fingerprint density at radius 1 is 0.915 bits per heavy atom. The molecule has 4 nitrogen and oxygen atoms in total. The molecule has 0 aliphatic rings. The Hall–Kier alpha value is -3.35. The minimum absolute atomic E-state index is 0.230. The van der Waals surface area contributed by atoms with Crippen molar-refractivity contribution in [1.29, 1.82) is 0 Å². The van der Waals surface area contributed by atoms with E-state index in [1.54, 1.807) is 0 Å². The topological polar surface area (TPSA) is 49.8 Å². The second-order valence-electron chi connectivity index (χ2n) is 11.6. The third kappa shape index (κ3) is 16.4. The zero-order valence-electron chi connectivity index (χ0n) is 31.3. The van der Waals surface area contributed by atoms with Crippen LogP contribution in [0.15, 0.2) is 49.2 Å². The van der Waals surface area contributed by atoms with Crippen LogP contribution in [0, 0.1) is 6.92 Å². The standard InChI is InChI=1S/C23H30BF2N2.C11H16N2.C4H10.C2H6/c1-5-7-8-10-19-14-20(15-21(27-19)23(4,25)26)28-22(24)18-12-11-17(9-6-2)16(3)13-18;1-5-9-6-10(8(2)3)11(12-4)13-7-9;1-3-4-2;1-2/h11-15H,5-10H2,1-4H3,(H,27,28);6-7H,2,5H2,1,3-4H3,(H,12,13);3-4H2,1-2H3;1-2H3. The van der Waals surface area contributed by atoms with E-state index in [0.717, 1.165) is 68.0 Å². The van der Waals surface area contributed by atoms with E-state index < -0.39 is 5.92 Å². The number of halogens is 2. The number of nitrogens with zero attached hydrogens (tertiary/aromatic N) is 2. The van der Waals surface area contributed by atoms with E-state index in [2.05, 4.69) is 80.9 Å². The van der Waals surface area contributed by atoms with Crippen LogP contribution >= 0.6 is 0 Å². The van der Waals surface area contributed by atoms with Crippen molar-refractivity contribution < 1.29 is 8.78 Å². The number of allylic oxidation sites excluding steroid dienone is 1. The molecule has 0 aliphatic heterocycles. The molecule has 0 saturated carbocycles. The van der Waals surface area contributed by atoms with Crippen molar-refractivity contribution in [3.8, 4) is 0 Å². The first-order chi connectivity index (χ1) is 22.3. The van der Waals surface area contributed by atoms with Crippen LogP contribution in [0.4, 0.5) is 20.3 Å². The summed E-state index contributed by atoms with van der Waals surface area (Å²) in [4.78, 5) is 8.48. The fraction of sp³-hybridized carbons (Fsp3) is 0.525. The first-order valence-corrected chi connectivity index (χ1v) is 17.6. The summed E-state index contributed by atoms with van der Waals surface area (Å²) in [5, 5.41) is 6.16. The van der Waals surface area contributed by atoms with Crippen molar-refractivity contribution in [2.75, 3.05) is 17.7 Å². The predicted molar refractivity (Wildman–Crippen MR) is 205 cm³/mol. The fourth-order valence-corrected chi connectivity index (χ4v) is 4.44. The monoisotopic (exact) mass is 648 g/mol. The van der Waals surface area contributed by atoms with E-state index in [1.807, 2.05) is 52.2 Å². The number of nitrogens with one attached hydrogen (secondary N) is 2. The molecule has 1 radical (unpaired) electrons. The molecule has 3 aromatic rings. The van der Waals surface area contributed by atoms with Gasteiger partial charge in [-0.15, -0.1) is 0 Å². The number of aromatic nitrogens is 2. The van der Waals surface area contributed by atoms with E-state index in [-0.39, 0.29) is 5.69 Å². The van der Waals surface area contributed by atoms with Crippen molar-refractivity contribution in [3.05, 3.63) is 88.4 Å². The average molecular weight is 648 g/mol. The van der Waals surface area contributed by atoms with Crippen molar-refractivity contribution in [2.24, 2.45) is 0 Å². The van der Waals surface area contributed by atoms with Crippen LogP contribution in [0.25, 0.3) is 5.57 Å². The molecule has 0 spiro atoms. The summed E-state index contributed by atoms with van der Waals surface area (Å²) in [6.07, 6.45) is 11.4. The van der Waals surface area contributed by atoms with Crippen LogP contribution in [0.5, 0.6) is 0 Å². The molecule has 0 unspecified atom stereocenters. The van der Waals surface area contributed by atoms with E-state index in [4.69, 9.17) is 7.49 Å². The van der Waals surface area contributed by atoms with Crippen molar-refractivity contribution in [1.82, 2.24) is 9.97 Å². The van der Waals surface area contributed by atoms with Gasteiger partial charge in [0.25, 0.3) is 0 Å². The van der Waals surface area contributed by atoms with Crippen molar-refractivity contribution in [2.45, 2.75) is 133 Å². The molecule has 0 atom stereocenters. The number of hydrogen-bond acceptors (Lipinski definition) is 4. The second kappa shape index (κ2) is 23.9. The van der Waals surface area contributed by atoms with Gasteiger partial charge in [0.1, 0.15) is 5.82 Å². The van der Waals surface area contributed by atoms with Gasteiger partial charge in [-0.25, -0.2) is 4.98 Å². The molecule has 0 bridgehead atoms. The van der Waals surface area contributed by atoms with Gasteiger partial charge in [-0.2, -0.15) is 0 Å². The normalized spacial score (nSPS) is 10.3. The van der Waals surface area contributed by atoms with Crippen LogP contribution in [0.3, 0.4) is 0 Å². The summed E-state index contributed by atoms with van der Waals surface area (Å²) < 4.78 is 27.8. The molecule has 0 saturated heterocycles. The number of aryl methyl sites for hydroxylation is 4. The van der Waals surface area contributed by atoms with Gasteiger partial charge in [0.2, 0.25) is 0 Å². The quantitative estimate of drug-likeness (QED) is 0.135. The van der Waals surface area contributed by atoms with Crippen LogP contribution in [-0.2, 0) is 25.2 Å². The van der Waals surface area contributed by atoms with Crippen LogP contribution in [0.2, 0.25) is 0 Å². The molecular formula is C40H62BF2N4. The molecule has 2 N–H and O–H groups in total. The predicted octanol–water partition coefficient (Wildman–Crippen LogP) is 11.5. The van der Waals surface area contributed by atoms with Gasteiger partial charge < -0.3 is 5.32 Å². The summed E-state index contributed by atoms with van der Waals surface area (Å²) in [6, 6.07) is 11.4. The first-order valence-electron chi connectivity index (χ1n) is 17.6. The van der Waals surface area contributed by atoms with Gasteiger partial charge in [0.05, 0.1) is 0 Å². The molecule has 0 fully saturated rings. The Morgan fingerprint density at radius 2 is 1.57 bits per heavy atom. The molecule has 3 rings (SSSR count). The maximum atomic E-state index is 13.9. The summed E-state index contributed by atoms with van der Waals surface area (Å²) in [5.41, 5.74) is 8.17. The van der Waals surface area contributed by atoms with Crippen LogP contribution in [0.1, 0.15) is 140 Å². The second-order valence-corrected chi connectivity index (χ2v) is 11.6. The number of anilines is 2. The minimum atomic E-state index is -3.00. The van der Waals surface area contributed by atoms with Gasteiger partial charge in [0.15, 0.2) is 0 Å². The zero-order valence-corrected chi connectivity index (χ0v) is 31.3. The molecular weight excluding hydrogens is 585 g/mol. The summed E-state index contributed by atoms with van der Waals surface area (Å²) in [7, 11) is 8.12. The first kappa shape index (κ1) is 43.7. The Balaban J connectivity index is 0.000000920. The van der Waals surface area contributed by atoms with Crippen LogP contribution in [-0.4, -0.2) is 30.1 Å². The number of alkyl halides is 2. The van der Waals surface area contributed by atoms with Crippen molar-refractivity contribution in [3.63, 3.8) is 0 Å². The fourth-order valence-electron chi connectivity index (χ4n) is 4.44. The van der Waals surface area contributed by atoms with Gasteiger partial charge in [-0.05, 0) is 30.5 Å². The van der Waals surface area contributed by atoms with Crippen molar-refractivity contribution >= 4 is 30.2 Å². The Labute approximate surface area is 287 Å². The van der Waals surface area contributed by atoms with Gasteiger partial charge >= 0.3 is 168 Å². The molecule has 2 aromatic heterocycles. The Bertz CT molecular complexity index is 1350. The molecule has 0 amide bonds. The van der Waals surface area contributed by atoms with Gasteiger partial charge in [0, 0.05) is 18.8 Å². The summed E-state index contributed by atoms with van der Waals surface area (Å²) in [5.74, 6) is -2.09. The molecule has 0 aliphatic carbocycles.